The minimum absolute atomic E-state index is 0.165. The van der Waals surface area contributed by atoms with Crippen LogP contribution in [0.5, 0.6) is 0 Å². The number of benzene rings is 1. The molecule has 1 fully saturated rings. The summed E-state index contributed by atoms with van der Waals surface area (Å²) in [4.78, 5) is 23.8. The van der Waals surface area contributed by atoms with Crippen LogP contribution in [-0.4, -0.2) is 43.7 Å². The van der Waals surface area contributed by atoms with Crippen molar-refractivity contribution in [1.82, 2.24) is 25.5 Å². The maximum atomic E-state index is 12.2. The van der Waals surface area contributed by atoms with E-state index in [1.165, 1.54) is 11.0 Å². The molecule has 0 atom stereocenters. The van der Waals surface area contributed by atoms with Crippen LogP contribution in [-0.2, 0) is 16.0 Å². The second kappa shape index (κ2) is 7.42. The number of hydrogen-bond donors (Lipinski definition) is 2. The monoisotopic (exact) mass is 343 g/mol. The molecule has 1 amide bonds. The summed E-state index contributed by atoms with van der Waals surface area (Å²) in [7, 11) is 0. The van der Waals surface area contributed by atoms with E-state index in [2.05, 4.69) is 20.8 Å². The number of carboxylic acid groups (broad SMARTS) is 1. The van der Waals surface area contributed by atoms with E-state index in [4.69, 9.17) is 0 Å². The van der Waals surface area contributed by atoms with Gasteiger partial charge >= 0.3 is 5.97 Å². The number of carbonyl (C=O) groups is 2. The fourth-order valence-electron chi connectivity index (χ4n) is 3.26. The molecule has 132 valence electrons. The molecule has 1 aromatic heterocycles. The van der Waals surface area contributed by atoms with Crippen molar-refractivity contribution in [3.63, 3.8) is 0 Å². The van der Waals surface area contributed by atoms with E-state index in [-0.39, 0.29) is 18.9 Å². The summed E-state index contributed by atoms with van der Waals surface area (Å²) in [6.07, 6.45) is 5.84. The molecule has 1 saturated carbocycles. The van der Waals surface area contributed by atoms with Crippen molar-refractivity contribution >= 4 is 11.9 Å². The van der Waals surface area contributed by atoms with Crippen LogP contribution in [0.4, 0.5) is 0 Å². The fourth-order valence-corrected chi connectivity index (χ4v) is 3.26. The van der Waals surface area contributed by atoms with Crippen LogP contribution < -0.4 is 5.32 Å². The van der Waals surface area contributed by atoms with Gasteiger partial charge in [0.25, 0.3) is 0 Å². The predicted octanol–water partition coefficient (Wildman–Crippen LogP) is 1.36. The second-order valence-electron chi connectivity index (χ2n) is 6.52. The highest BCUT2D eigenvalue weighted by atomic mass is 16.4. The summed E-state index contributed by atoms with van der Waals surface area (Å²) in [5.41, 5.74) is 0.848. The lowest BCUT2D eigenvalue weighted by Crippen LogP contribution is -2.44. The van der Waals surface area contributed by atoms with Crippen molar-refractivity contribution < 1.29 is 14.7 Å². The zero-order chi connectivity index (χ0) is 17.7. The highest BCUT2D eigenvalue weighted by Crippen LogP contribution is 2.36. The van der Waals surface area contributed by atoms with E-state index in [1.807, 2.05) is 24.3 Å². The van der Waals surface area contributed by atoms with Crippen LogP contribution >= 0.6 is 0 Å². The highest BCUT2D eigenvalue weighted by Gasteiger charge is 2.39. The van der Waals surface area contributed by atoms with Crippen molar-refractivity contribution in [2.45, 2.75) is 38.5 Å². The number of tetrazole rings is 1. The van der Waals surface area contributed by atoms with Gasteiger partial charge in [0, 0.05) is 6.54 Å². The van der Waals surface area contributed by atoms with Crippen LogP contribution in [0, 0.1) is 5.41 Å². The Morgan fingerprint density at radius 3 is 2.48 bits per heavy atom. The van der Waals surface area contributed by atoms with Crippen LogP contribution in [0.15, 0.2) is 30.6 Å². The lowest BCUT2D eigenvalue weighted by Gasteiger charge is -2.33. The Kier molecular flexibility index (Phi) is 5.06. The van der Waals surface area contributed by atoms with Crippen molar-refractivity contribution in [2.75, 3.05) is 6.54 Å². The van der Waals surface area contributed by atoms with Crippen molar-refractivity contribution in [1.29, 1.82) is 0 Å². The van der Waals surface area contributed by atoms with E-state index in [0.717, 1.165) is 30.5 Å². The van der Waals surface area contributed by atoms with Gasteiger partial charge in [0.2, 0.25) is 5.91 Å². The van der Waals surface area contributed by atoms with Gasteiger partial charge in [-0.2, -0.15) is 0 Å². The lowest BCUT2D eigenvalue weighted by molar-refractivity contribution is -0.151. The normalized spacial score (nSPS) is 16.3. The summed E-state index contributed by atoms with van der Waals surface area (Å²) in [6, 6.07) is 7.34. The molecule has 0 spiro atoms. The first-order valence-corrected chi connectivity index (χ1v) is 8.41. The third-order valence-corrected chi connectivity index (χ3v) is 4.80. The molecule has 0 radical (unpaired) electrons. The standard InChI is InChI=1S/C17H21N5O3/c23-15(18-11-17(16(24)25)8-2-1-3-9-17)10-13-4-6-14(7-5-13)22-12-19-20-21-22/h4-7,12H,1-3,8-11H2,(H,18,23)(H,24,25). The van der Waals surface area contributed by atoms with Gasteiger partial charge in [-0.3, -0.25) is 9.59 Å². The van der Waals surface area contributed by atoms with Gasteiger partial charge in [-0.15, -0.1) is 5.10 Å². The van der Waals surface area contributed by atoms with Gasteiger partial charge in [0.05, 0.1) is 17.5 Å². The molecule has 3 rings (SSSR count). The van der Waals surface area contributed by atoms with Crippen molar-refractivity contribution in [3.8, 4) is 5.69 Å². The molecule has 0 bridgehead atoms. The number of aliphatic carboxylic acids is 1. The Bertz CT molecular complexity index is 721. The van der Waals surface area contributed by atoms with E-state index < -0.39 is 11.4 Å². The average molecular weight is 343 g/mol. The lowest BCUT2D eigenvalue weighted by atomic mass is 9.74. The number of nitrogens with zero attached hydrogens (tertiary/aromatic N) is 4. The van der Waals surface area contributed by atoms with Gasteiger partial charge in [-0.1, -0.05) is 31.4 Å². The first kappa shape index (κ1) is 17.1. The number of hydrogen-bond acceptors (Lipinski definition) is 5. The topological polar surface area (TPSA) is 110 Å². The molecule has 0 saturated heterocycles. The molecule has 1 heterocycles. The van der Waals surface area contributed by atoms with Gasteiger partial charge in [-0.25, -0.2) is 4.68 Å². The molecule has 1 aliphatic rings. The van der Waals surface area contributed by atoms with Gasteiger partial charge in [-0.05, 0) is 41.0 Å². The quantitative estimate of drug-likeness (QED) is 0.819. The zero-order valence-electron chi connectivity index (χ0n) is 13.9. The molecule has 8 heteroatoms. The van der Waals surface area contributed by atoms with E-state index >= 15 is 0 Å². The minimum atomic E-state index is -0.808. The second-order valence-corrected chi connectivity index (χ2v) is 6.52. The largest absolute Gasteiger partial charge is 0.481 e. The predicted molar refractivity (Wildman–Crippen MR) is 89.0 cm³/mol. The van der Waals surface area contributed by atoms with E-state index in [1.54, 1.807) is 0 Å². The molecule has 1 aliphatic carbocycles. The van der Waals surface area contributed by atoms with Crippen molar-refractivity contribution in [2.24, 2.45) is 5.41 Å². The average Bonchev–Trinajstić information content (AvgIpc) is 3.16. The maximum absolute atomic E-state index is 12.2. The maximum Gasteiger partial charge on any atom is 0.311 e. The summed E-state index contributed by atoms with van der Waals surface area (Å²) < 4.78 is 1.53. The van der Waals surface area contributed by atoms with Gasteiger partial charge in [0.15, 0.2) is 0 Å². The number of carboxylic acids is 1. The van der Waals surface area contributed by atoms with E-state index in [9.17, 15) is 14.7 Å². The molecule has 25 heavy (non-hydrogen) atoms. The number of nitrogens with one attached hydrogen (secondary N) is 1. The van der Waals surface area contributed by atoms with Crippen LogP contribution in [0.2, 0.25) is 0 Å². The Morgan fingerprint density at radius 2 is 1.88 bits per heavy atom. The minimum Gasteiger partial charge on any atom is -0.481 e. The highest BCUT2D eigenvalue weighted by molar-refractivity contribution is 5.80. The molecule has 8 nitrogen and oxygen atoms in total. The van der Waals surface area contributed by atoms with Crippen LogP contribution in [0.1, 0.15) is 37.7 Å². The number of amides is 1. The third kappa shape index (κ3) is 4.01. The Labute approximate surface area is 145 Å². The fraction of sp³-hybridized carbons (Fsp3) is 0.471. The summed E-state index contributed by atoms with van der Waals surface area (Å²) in [5.74, 6) is -0.973. The van der Waals surface area contributed by atoms with E-state index in [0.29, 0.717) is 12.8 Å². The first-order valence-electron chi connectivity index (χ1n) is 8.41. The Morgan fingerprint density at radius 1 is 1.16 bits per heavy atom. The van der Waals surface area contributed by atoms with Crippen LogP contribution in [0.25, 0.3) is 5.69 Å². The number of rotatable bonds is 6. The van der Waals surface area contributed by atoms with Gasteiger partial charge < -0.3 is 10.4 Å². The molecular weight excluding hydrogens is 322 g/mol. The third-order valence-electron chi connectivity index (χ3n) is 4.80. The summed E-state index contributed by atoms with van der Waals surface area (Å²) in [5, 5.41) is 23.3. The number of aromatic nitrogens is 4. The zero-order valence-corrected chi connectivity index (χ0v) is 13.9. The van der Waals surface area contributed by atoms with Crippen LogP contribution in [0.3, 0.4) is 0 Å². The smallest absolute Gasteiger partial charge is 0.311 e. The molecule has 2 N–H and O–H groups in total. The van der Waals surface area contributed by atoms with Gasteiger partial charge in [0.1, 0.15) is 6.33 Å². The van der Waals surface area contributed by atoms with Crippen molar-refractivity contribution in [3.05, 3.63) is 36.2 Å². The first-order chi connectivity index (χ1) is 12.1. The molecule has 0 aliphatic heterocycles. The molecular formula is C17H21N5O3. The molecule has 2 aromatic rings. The molecule has 1 aromatic carbocycles. The SMILES string of the molecule is O=C(Cc1ccc(-n2cnnn2)cc1)NCC1(C(=O)O)CCCCC1. The summed E-state index contributed by atoms with van der Waals surface area (Å²) >= 11 is 0. The Balaban J connectivity index is 1.56. The number of carbonyl (C=O) groups excluding carboxylic acids is 1. The molecule has 0 unspecified atom stereocenters. The Hall–Kier alpha value is -2.77. The summed E-state index contributed by atoms with van der Waals surface area (Å²) in [6.45, 7) is 0.198.